The Morgan fingerprint density at radius 1 is 1.38 bits per heavy atom. The number of carboxylic acid groups (broad SMARTS) is 1. The molecule has 0 aliphatic carbocycles. The molecule has 1 aliphatic heterocycles. The second-order valence-electron chi connectivity index (χ2n) is 4.68. The van der Waals surface area contributed by atoms with Crippen LogP contribution in [0.15, 0.2) is 22.7 Å². The number of hydrogen-bond donors (Lipinski definition) is 3. The van der Waals surface area contributed by atoms with Gasteiger partial charge in [-0.25, -0.2) is 9.59 Å². The van der Waals surface area contributed by atoms with Gasteiger partial charge in [0.2, 0.25) is 5.91 Å². The van der Waals surface area contributed by atoms with Crippen molar-refractivity contribution in [2.75, 3.05) is 11.9 Å². The van der Waals surface area contributed by atoms with Crippen molar-refractivity contribution in [3.63, 3.8) is 0 Å². The molecule has 1 heterocycles. The number of aromatic carboxylic acids is 1. The van der Waals surface area contributed by atoms with E-state index in [-0.39, 0.29) is 5.56 Å². The second kappa shape index (κ2) is 6.13. The standard InChI is InChI=1S/C13H14BrN3O4/c14-8-6-7(12(19)20)3-4-9(8)16-13(21)17-5-1-2-10(17)11(15)18/h3-4,6,10H,1-2,5H2,(H2,15,18)(H,16,21)(H,19,20). The van der Waals surface area contributed by atoms with E-state index < -0.39 is 23.9 Å². The number of nitrogens with one attached hydrogen (secondary N) is 1. The summed E-state index contributed by atoms with van der Waals surface area (Å²) >= 11 is 3.21. The highest BCUT2D eigenvalue weighted by Crippen LogP contribution is 2.25. The Morgan fingerprint density at radius 2 is 2.10 bits per heavy atom. The van der Waals surface area contributed by atoms with Gasteiger partial charge in [0, 0.05) is 11.0 Å². The normalized spacial score (nSPS) is 17.6. The van der Waals surface area contributed by atoms with Crippen LogP contribution in [0.4, 0.5) is 10.5 Å². The number of nitrogens with zero attached hydrogens (tertiary/aromatic N) is 1. The van der Waals surface area contributed by atoms with Crippen molar-refractivity contribution in [2.24, 2.45) is 5.73 Å². The monoisotopic (exact) mass is 355 g/mol. The average Bonchev–Trinajstić information content (AvgIpc) is 2.90. The van der Waals surface area contributed by atoms with Crippen molar-refractivity contribution < 1.29 is 19.5 Å². The van der Waals surface area contributed by atoms with Crippen molar-refractivity contribution in [3.05, 3.63) is 28.2 Å². The molecule has 7 nitrogen and oxygen atoms in total. The van der Waals surface area contributed by atoms with Crippen molar-refractivity contribution in [3.8, 4) is 0 Å². The van der Waals surface area contributed by atoms with E-state index in [1.807, 2.05) is 0 Å². The maximum absolute atomic E-state index is 12.2. The quantitative estimate of drug-likeness (QED) is 0.764. The van der Waals surface area contributed by atoms with Gasteiger partial charge in [-0.2, -0.15) is 0 Å². The predicted molar refractivity (Wildman–Crippen MR) is 79.0 cm³/mol. The first-order chi connectivity index (χ1) is 9.90. The molecule has 3 amide bonds. The van der Waals surface area contributed by atoms with Gasteiger partial charge in [-0.1, -0.05) is 0 Å². The molecule has 0 spiro atoms. The summed E-state index contributed by atoms with van der Waals surface area (Å²) in [4.78, 5) is 35.7. The number of carbonyl (C=O) groups is 3. The lowest BCUT2D eigenvalue weighted by Gasteiger charge is -2.22. The lowest BCUT2D eigenvalue weighted by Crippen LogP contribution is -2.45. The van der Waals surface area contributed by atoms with E-state index in [9.17, 15) is 14.4 Å². The van der Waals surface area contributed by atoms with Gasteiger partial charge in [0.25, 0.3) is 0 Å². The lowest BCUT2D eigenvalue weighted by atomic mass is 10.2. The Morgan fingerprint density at radius 3 is 2.67 bits per heavy atom. The number of urea groups is 1. The fourth-order valence-corrected chi connectivity index (χ4v) is 2.72. The highest BCUT2D eigenvalue weighted by molar-refractivity contribution is 9.10. The van der Waals surface area contributed by atoms with Gasteiger partial charge < -0.3 is 21.1 Å². The molecule has 1 unspecified atom stereocenters. The van der Waals surface area contributed by atoms with E-state index in [1.54, 1.807) is 0 Å². The third-order valence-corrected chi connectivity index (χ3v) is 3.96. The minimum Gasteiger partial charge on any atom is -0.478 e. The van der Waals surface area contributed by atoms with Crippen molar-refractivity contribution in [1.29, 1.82) is 0 Å². The predicted octanol–water partition coefficient (Wildman–Crippen LogP) is 1.63. The summed E-state index contributed by atoms with van der Waals surface area (Å²) in [5.74, 6) is -1.58. The number of anilines is 1. The molecule has 0 aromatic heterocycles. The zero-order valence-electron chi connectivity index (χ0n) is 11.0. The van der Waals surface area contributed by atoms with E-state index in [1.165, 1.54) is 23.1 Å². The van der Waals surface area contributed by atoms with Crippen molar-refractivity contribution in [1.82, 2.24) is 4.90 Å². The number of amides is 3. The minimum absolute atomic E-state index is 0.107. The molecule has 4 N–H and O–H groups in total. The number of halogens is 1. The summed E-state index contributed by atoms with van der Waals surface area (Å²) in [6, 6.07) is 3.24. The molecule has 2 rings (SSSR count). The van der Waals surface area contributed by atoms with Crippen LogP contribution in [0.25, 0.3) is 0 Å². The molecule has 21 heavy (non-hydrogen) atoms. The fraction of sp³-hybridized carbons (Fsp3) is 0.308. The van der Waals surface area contributed by atoms with Gasteiger partial charge >= 0.3 is 12.0 Å². The van der Waals surface area contributed by atoms with E-state index in [2.05, 4.69) is 21.2 Å². The van der Waals surface area contributed by atoms with Gasteiger partial charge in [-0.15, -0.1) is 0 Å². The zero-order chi connectivity index (χ0) is 15.6. The van der Waals surface area contributed by atoms with Gasteiger partial charge in [0.05, 0.1) is 11.3 Å². The molecule has 1 atom stereocenters. The lowest BCUT2D eigenvalue weighted by molar-refractivity contribution is -0.121. The number of nitrogens with two attached hydrogens (primary N) is 1. The highest BCUT2D eigenvalue weighted by Gasteiger charge is 2.32. The van der Waals surface area contributed by atoms with Crippen molar-refractivity contribution in [2.45, 2.75) is 18.9 Å². The number of carbonyl (C=O) groups excluding carboxylic acids is 2. The van der Waals surface area contributed by atoms with Crippen LogP contribution >= 0.6 is 15.9 Å². The summed E-state index contributed by atoms with van der Waals surface area (Å²) in [7, 11) is 0. The van der Waals surface area contributed by atoms with Crippen LogP contribution < -0.4 is 11.1 Å². The van der Waals surface area contributed by atoms with Gasteiger partial charge in [-0.3, -0.25) is 4.79 Å². The summed E-state index contributed by atoms with van der Waals surface area (Å²) in [5, 5.41) is 11.5. The van der Waals surface area contributed by atoms with E-state index in [0.717, 1.165) is 6.42 Å². The van der Waals surface area contributed by atoms with Crippen LogP contribution in [0.5, 0.6) is 0 Å². The molecule has 1 aliphatic rings. The van der Waals surface area contributed by atoms with Gasteiger partial charge in [0.1, 0.15) is 6.04 Å². The highest BCUT2D eigenvalue weighted by atomic mass is 79.9. The number of benzene rings is 1. The molecule has 1 fully saturated rings. The average molecular weight is 356 g/mol. The van der Waals surface area contributed by atoms with Gasteiger partial charge in [-0.05, 0) is 47.0 Å². The first kappa shape index (κ1) is 15.3. The maximum Gasteiger partial charge on any atom is 0.335 e. The molecule has 1 saturated heterocycles. The van der Waals surface area contributed by atoms with Crippen LogP contribution in [-0.2, 0) is 4.79 Å². The number of hydrogen-bond acceptors (Lipinski definition) is 3. The third-order valence-electron chi connectivity index (χ3n) is 3.30. The van der Waals surface area contributed by atoms with Crippen LogP contribution in [0.2, 0.25) is 0 Å². The van der Waals surface area contributed by atoms with Crippen LogP contribution in [-0.4, -0.2) is 40.5 Å². The van der Waals surface area contributed by atoms with Crippen LogP contribution in [0, 0.1) is 0 Å². The number of carboxylic acids is 1. The Labute approximate surface area is 129 Å². The molecule has 0 bridgehead atoms. The van der Waals surface area contributed by atoms with Crippen molar-refractivity contribution >= 4 is 39.5 Å². The SMILES string of the molecule is NC(=O)C1CCCN1C(=O)Nc1ccc(C(=O)O)cc1Br. The van der Waals surface area contributed by atoms with Crippen LogP contribution in [0.3, 0.4) is 0 Å². The summed E-state index contributed by atoms with van der Waals surface area (Å²) < 4.78 is 0.450. The van der Waals surface area contributed by atoms with Crippen LogP contribution in [0.1, 0.15) is 23.2 Å². The Bertz CT molecular complexity index is 605. The summed E-state index contributed by atoms with van der Waals surface area (Å²) in [6.07, 6.45) is 1.28. The topological polar surface area (TPSA) is 113 Å². The molecule has 1 aromatic rings. The first-order valence-corrected chi connectivity index (χ1v) is 7.09. The Balaban J connectivity index is 2.13. The van der Waals surface area contributed by atoms with E-state index >= 15 is 0 Å². The molecular weight excluding hydrogens is 342 g/mol. The zero-order valence-corrected chi connectivity index (χ0v) is 12.6. The number of rotatable bonds is 3. The second-order valence-corrected chi connectivity index (χ2v) is 5.54. The first-order valence-electron chi connectivity index (χ1n) is 6.30. The fourth-order valence-electron chi connectivity index (χ4n) is 2.24. The maximum atomic E-state index is 12.2. The number of likely N-dealkylation sites (tertiary alicyclic amines) is 1. The molecular formula is C13H14BrN3O4. The molecule has 0 saturated carbocycles. The molecule has 1 aromatic carbocycles. The third kappa shape index (κ3) is 3.33. The number of primary amides is 1. The van der Waals surface area contributed by atoms with E-state index in [0.29, 0.717) is 23.1 Å². The Kier molecular flexibility index (Phi) is 4.46. The summed E-state index contributed by atoms with van der Waals surface area (Å²) in [6.45, 7) is 0.463. The van der Waals surface area contributed by atoms with Gasteiger partial charge in [0.15, 0.2) is 0 Å². The molecule has 112 valence electrons. The molecule has 8 heteroatoms. The largest absolute Gasteiger partial charge is 0.478 e. The minimum atomic E-state index is -1.05. The molecule has 0 radical (unpaired) electrons. The Hall–Kier alpha value is -2.09. The summed E-state index contributed by atoms with van der Waals surface area (Å²) in [5.41, 5.74) is 5.81. The smallest absolute Gasteiger partial charge is 0.335 e. The van der Waals surface area contributed by atoms with E-state index in [4.69, 9.17) is 10.8 Å².